The predicted molar refractivity (Wildman–Crippen MR) is 67.9 cm³/mol. The molecule has 5 heteroatoms. The van der Waals surface area contributed by atoms with Gasteiger partial charge in [-0.25, -0.2) is 0 Å². The van der Waals surface area contributed by atoms with Crippen LogP contribution < -0.4 is 11.1 Å². The van der Waals surface area contributed by atoms with E-state index in [1.807, 2.05) is 12.1 Å². The van der Waals surface area contributed by atoms with Crippen molar-refractivity contribution in [1.82, 2.24) is 10.2 Å². The van der Waals surface area contributed by atoms with Gasteiger partial charge in [0.15, 0.2) is 0 Å². The summed E-state index contributed by atoms with van der Waals surface area (Å²) in [5.74, 6) is -0.391. The molecule has 96 valence electrons. The smallest absolute Gasteiger partial charge is 0.249 e. The molecule has 1 aliphatic heterocycles. The van der Waals surface area contributed by atoms with E-state index >= 15 is 0 Å². The fraction of sp³-hybridized carbons (Fsp3) is 0.385. The molecule has 0 unspecified atom stereocenters. The van der Waals surface area contributed by atoms with Gasteiger partial charge in [0.2, 0.25) is 11.8 Å². The van der Waals surface area contributed by atoms with Crippen LogP contribution in [0.25, 0.3) is 0 Å². The quantitative estimate of drug-likeness (QED) is 0.796. The first-order valence-electron chi connectivity index (χ1n) is 6.04. The molecule has 0 radical (unpaired) electrons. The molecule has 0 atom stereocenters. The number of carbonyl (C=O) groups is 2. The molecule has 0 bridgehead atoms. The molecular weight excluding hydrogens is 230 g/mol. The van der Waals surface area contributed by atoms with E-state index in [1.54, 1.807) is 17.0 Å². The first kappa shape index (κ1) is 12.6. The zero-order valence-corrected chi connectivity index (χ0v) is 10.2. The SMILES string of the molecule is NC(=O)c1ccccc1CN1CCCNCC1=O. The molecule has 1 aromatic carbocycles. The summed E-state index contributed by atoms with van der Waals surface area (Å²) in [7, 11) is 0. The monoisotopic (exact) mass is 247 g/mol. The van der Waals surface area contributed by atoms with Crippen molar-refractivity contribution in [3.63, 3.8) is 0 Å². The van der Waals surface area contributed by atoms with E-state index in [2.05, 4.69) is 5.32 Å². The third kappa shape index (κ3) is 2.87. The average Bonchev–Trinajstić information content (AvgIpc) is 2.55. The number of carbonyl (C=O) groups excluding carboxylic acids is 2. The van der Waals surface area contributed by atoms with Crippen LogP contribution in [0.2, 0.25) is 0 Å². The summed E-state index contributed by atoms with van der Waals surface area (Å²) in [6.07, 6.45) is 0.921. The Morgan fingerprint density at radius 1 is 1.39 bits per heavy atom. The summed E-state index contributed by atoms with van der Waals surface area (Å²) in [4.78, 5) is 24.9. The van der Waals surface area contributed by atoms with E-state index in [9.17, 15) is 9.59 Å². The molecule has 3 N–H and O–H groups in total. The van der Waals surface area contributed by atoms with Crippen molar-refractivity contribution in [2.45, 2.75) is 13.0 Å². The van der Waals surface area contributed by atoms with Gasteiger partial charge in [0.25, 0.3) is 0 Å². The minimum atomic E-state index is -0.453. The molecule has 1 saturated heterocycles. The number of amides is 2. The minimum absolute atomic E-state index is 0.0618. The maximum Gasteiger partial charge on any atom is 0.249 e. The summed E-state index contributed by atoms with van der Waals surface area (Å²) in [6.45, 7) is 2.36. The number of hydrogen-bond acceptors (Lipinski definition) is 3. The van der Waals surface area contributed by atoms with Gasteiger partial charge < -0.3 is 16.0 Å². The van der Waals surface area contributed by atoms with Gasteiger partial charge in [-0.3, -0.25) is 9.59 Å². The van der Waals surface area contributed by atoms with Crippen LogP contribution >= 0.6 is 0 Å². The van der Waals surface area contributed by atoms with Crippen LogP contribution in [0, 0.1) is 0 Å². The average molecular weight is 247 g/mol. The van der Waals surface area contributed by atoms with Crippen molar-refractivity contribution in [1.29, 1.82) is 0 Å². The molecule has 1 aliphatic rings. The number of benzene rings is 1. The Kier molecular flexibility index (Phi) is 3.94. The first-order chi connectivity index (χ1) is 8.68. The normalized spacial score (nSPS) is 16.4. The van der Waals surface area contributed by atoms with Gasteiger partial charge in [-0.15, -0.1) is 0 Å². The lowest BCUT2D eigenvalue weighted by atomic mass is 10.1. The van der Waals surface area contributed by atoms with Crippen LogP contribution in [0.1, 0.15) is 22.3 Å². The fourth-order valence-corrected chi connectivity index (χ4v) is 2.10. The third-order valence-corrected chi connectivity index (χ3v) is 3.05. The molecule has 2 amide bonds. The number of nitrogens with one attached hydrogen (secondary N) is 1. The Balaban J connectivity index is 2.17. The number of hydrogen-bond donors (Lipinski definition) is 2. The van der Waals surface area contributed by atoms with Gasteiger partial charge in [-0.1, -0.05) is 18.2 Å². The first-order valence-corrected chi connectivity index (χ1v) is 6.04. The van der Waals surface area contributed by atoms with E-state index < -0.39 is 5.91 Å². The van der Waals surface area contributed by atoms with Crippen LogP contribution in [0.15, 0.2) is 24.3 Å². The highest BCUT2D eigenvalue weighted by Crippen LogP contribution is 2.12. The Bertz CT molecular complexity index is 459. The summed E-state index contributed by atoms with van der Waals surface area (Å²) in [6, 6.07) is 7.15. The maximum atomic E-state index is 11.8. The Labute approximate surface area is 106 Å². The van der Waals surface area contributed by atoms with Gasteiger partial charge in [0, 0.05) is 18.7 Å². The molecule has 1 aromatic rings. The highest BCUT2D eigenvalue weighted by atomic mass is 16.2. The number of nitrogens with two attached hydrogens (primary N) is 1. The molecule has 2 rings (SSSR count). The molecule has 18 heavy (non-hydrogen) atoms. The van der Waals surface area contributed by atoms with Crippen LogP contribution in [0.4, 0.5) is 0 Å². The lowest BCUT2D eigenvalue weighted by Gasteiger charge is -2.21. The van der Waals surface area contributed by atoms with Crippen molar-refractivity contribution in [3.8, 4) is 0 Å². The van der Waals surface area contributed by atoms with Crippen LogP contribution in [-0.2, 0) is 11.3 Å². The van der Waals surface area contributed by atoms with E-state index in [-0.39, 0.29) is 5.91 Å². The standard InChI is InChI=1S/C13H17N3O2/c14-13(18)11-5-2-1-4-10(11)9-16-7-3-6-15-8-12(16)17/h1-2,4-5,15H,3,6-9H2,(H2,14,18). The lowest BCUT2D eigenvalue weighted by Crippen LogP contribution is -2.34. The zero-order chi connectivity index (χ0) is 13.0. The molecular formula is C13H17N3O2. The molecule has 0 saturated carbocycles. The topological polar surface area (TPSA) is 75.4 Å². The Morgan fingerprint density at radius 3 is 2.94 bits per heavy atom. The molecule has 0 aromatic heterocycles. The second-order valence-electron chi connectivity index (χ2n) is 4.37. The summed E-state index contributed by atoms with van der Waals surface area (Å²) >= 11 is 0. The molecule has 1 fully saturated rings. The molecule has 5 nitrogen and oxygen atoms in total. The van der Waals surface area contributed by atoms with Crippen molar-refractivity contribution < 1.29 is 9.59 Å². The zero-order valence-electron chi connectivity index (χ0n) is 10.2. The second-order valence-corrected chi connectivity index (χ2v) is 4.37. The summed E-state index contributed by atoms with van der Waals surface area (Å²) in [5.41, 5.74) is 6.62. The predicted octanol–water partition coefficient (Wildman–Crippen LogP) is 0.107. The third-order valence-electron chi connectivity index (χ3n) is 3.05. The van der Waals surface area contributed by atoms with E-state index in [1.165, 1.54) is 0 Å². The van der Waals surface area contributed by atoms with E-state index in [0.717, 1.165) is 18.5 Å². The van der Waals surface area contributed by atoms with E-state index in [4.69, 9.17) is 5.73 Å². The number of rotatable bonds is 3. The highest BCUT2D eigenvalue weighted by molar-refractivity contribution is 5.94. The fourth-order valence-electron chi connectivity index (χ4n) is 2.10. The van der Waals surface area contributed by atoms with Gasteiger partial charge in [0.05, 0.1) is 6.54 Å². The Morgan fingerprint density at radius 2 is 2.17 bits per heavy atom. The van der Waals surface area contributed by atoms with Gasteiger partial charge in [0.1, 0.15) is 0 Å². The van der Waals surface area contributed by atoms with Crippen LogP contribution in [0.3, 0.4) is 0 Å². The molecule has 1 heterocycles. The van der Waals surface area contributed by atoms with Crippen LogP contribution in [-0.4, -0.2) is 36.3 Å². The highest BCUT2D eigenvalue weighted by Gasteiger charge is 2.18. The van der Waals surface area contributed by atoms with Crippen molar-refractivity contribution in [3.05, 3.63) is 35.4 Å². The van der Waals surface area contributed by atoms with Crippen molar-refractivity contribution >= 4 is 11.8 Å². The number of nitrogens with zero attached hydrogens (tertiary/aromatic N) is 1. The number of primary amides is 1. The van der Waals surface area contributed by atoms with Gasteiger partial charge >= 0.3 is 0 Å². The lowest BCUT2D eigenvalue weighted by molar-refractivity contribution is -0.130. The van der Waals surface area contributed by atoms with Crippen molar-refractivity contribution in [2.24, 2.45) is 5.73 Å². The minimum Gasteiger partial charge on any atom is -0.366 e. The summed E-state index contributed by atoms with van der Waals surface area (Å²) in [5, 5.41) is 3.07. The van der Waals surface area contributed by atoms with Crippen molar-refractivity contribution in [2.75, 3.05) is 19.6 Å². The maximum absolute atomic E-state index is 11.8. The van der Waals surface area contributed by atoms with Gasteiger partial charge in [-0.2, -0.15) is 0 Å². The van der Waals surface area contributed by atoms with Crippen LogP contribution in [0.5, 0.6) is 0 Å². The summed E-state index contributed by atoms with van der Waals surface area (Å²) < 4.78 is 0. The van der Waals surface area contributed by atoms with Gasteiger partial charge in [-0.05, 0) is 24.6 Å². The second kappa shape index (κ2) is 5.64. The largest absolute Gasteiger partial charge is 0.366 e. The van der Waals surface area contributed by atoms with E-state index in [0.29, 0.717) is 25.2 Å². The molecule has 0 spiro atoms. The Hall–Kier alpha value is -1.88. The molecule has 0 aliphatic carbocycles.